The first kappa shape index (κ1) is 19.6. The first-order valence-corrected chi connectivity index (χ1v) is 10.7. The molecule has 1 aromatic heterocycles. The highest BCUT2D eigenvalue weighted by Crippen LogP contribution is 2.36. The molecule has 31 heavy (non-hydrogen) atoms. The highest BCUT2D eigenvalue weighted by Gasteiger charge is 2.27. The van der Waals surface area contributed by atoms with Gasteiger partial charge in [-0.3, -0.25) is 4.79 Å². The van der Waals surface area contributed by atoms with Crippen molar-refractivity contribution in [3.05, 3.63) is 53.9 Å². The van der Waals surface area contributed by atoms with Crippen LogP contribution in [-0.2, 0) is 18.4 Å². The summed E-state index contributed by atoms with van der Waals surface area (Å²) in [4.78, 5) is 12.3. The highest BCUT2D eigenvalue weighted by molar-refractivity contribution is 7.99. The van der Waals surface area contributed by atoms with Gasteiger partial charge in [-0.25, -0.2) is 0 Å². The van der Waals surface area contributed by atoms with Crippen LogP contribution in [0.3, 0.4) is 0 Å². The van der Waals surface area contributed by atoms with Crippen LogP contribution >= 0.6 is 11.8 Å². The average Bonchev–Trinajstić information content (AvgIpc) is 3.42. The van der Waals surface area contributed by atoms with Gasteiger partial charge in [0.05, 0.1) is 5.75 Å². The Bertz CT molecular complexity index is 1120. The van der Waals surface area contributed by atoms with Crippen LogP contribution in [0.2, 0.25) is 0 Å². The average molecular weight is 440 g/mol. The second-order valence-electron chi connectivity index (χ2n) is 7.02. The molecule has 0 fully saturated rings. The number of carbonyl (C=O) groups excluding carboxylic acids is 1. The van der Waals surface area contributed by atoms with Crippen LogP contribution in [0.25, 0.3) is 0 Å². The summed E-state index contributed by atoms with van der Waals surface area (Å²) in [5.74, 6) is 3.59. The Morgan fingerprint density at radius 1 is 1.10 bits per heavy atom. The number of hydrogen-bond donors (Lipinski definition) is 1. The van der Waals surface area contributed by atoms with E-state index in [9.17, 15) is 4.79 Å². The standard InChI is InChI=1S/C21H20N4O5S/c1-25-20(18-10-27-14-4-2-3-5-16(14)30-18)23-24-21(25)31-11-19(26)22-9-13-6-7-15-17(8-13)29-12-28-15/h2-8,18H,9-12H2,1H3,(H,22,26)/t18-/m1/s1. The van der Waals surface area contributed by atoms with Crippen molar-refractivity contribution in [3.8, 4) is 23.0 Å². The SMILES string of the molecule is Cn1c(SCC(=O)NCc2ccc3c(c2)OCO3)nnc1[C@H]1COc2ccccc2O1. The summed E-state index contributed by atoms with van der Waals surface area (Å²) in [6.07, 6.45) is -0.360. The third-order valence-electron chi connectivity index (χ3n) is 4.92. The Hall–Kier alpha value is -3.40. The lowest BCUT2D eigenvalue weighted by Gasteiger charge is -2.25. The molecule has 3 heterocycles. The monoisotopic (exact) mass is 440 g/mol. The quantitative estimate of drug-likeness (QED) is 0.584. The normalized spacial score (nSPS) is 16.2. The molecule has 0 spiro atoms. The molecule has 1 N–H and O–H groups in total. The van der Waals surface area contributed by atoms with Crippen molar-refractivity contribution in [3.63, 3.8) is 0 Å². The largest absolute Gasteiger partial charge is 0.485 e. The number of hydrogen-bond acceptors (Lipinski definition) is 8. The summed E-state index contributed by atoms with van der Waals surface area (Å²) < 4.78 is 24.2. The van der Waals surface area contributed by atoms with E-state index in [0.29, 0.717) is 35.6 Å². The van der Waals surface area contributed by atoms with E-state index < -0.39 is 0 Å². The van der Waals surface area contributed by atoms with Gasteiger partial charge in [0.25, 0.3) is 0 Å². The zero-order valence-corrected chi connectivity index (χ0v) is 17.6. The summed E-state index contributed by atoms with van der Waals surface area (Å²) in [6.45, 7) is 0.989. The number of thioether (sulfide) groups is 1. The second-order valence-corrected chi connectivity index (χ2v) is 7.96. The molecule has 0 unspecified atom stereocenters. The van der Waals surface area contributed by atoms with E-state index in [2.05, 4.69) is 15.5 Å². The minimum atomic E-state index is -0.360. The lowest BCUT2D eigenvalue weighted by Crippen LogP contribution is -2.25. The zero-order chi connectivity index (χ0) is 21.2. The molecule has 160 valence electrons. The van der Waals surface area contributed by atoms with Gasteiger partial charge in [0, 0.05) is 13.6 Å². The van der Waals surface area contributed by atoms with E-state index in [1.807, 2.05) is 54.1 Å². The minimum Gasteiger partial charge on any atom is -0.485 e. The van der Waals surface area contributed by atoms with Crippen LogP contribution in [0.4, 0.5) is 0 Å². The fraction of sp³-hybridized carbons (Fsp3) is 0.286. The summed E-state index contributed by atoms with van der Waals surface area (Å²) in [7, 11) is 1.85. The maximum atomic E-state index is 12.3. The Kier molecular flexibility index (Phi) is 5.29. The van der Waals surface area contributed by atoms with E-state index in [0.717, 1.165) is 17.1 Å². The van der Waals surface area contributed by atoms with Crippen LogP contribution in [0.5, 0.6) is 23.0 Å². The molecule has 0 aliphatic carbocycles. The maximum Gasteiger partial charge on any atom is 0.231 e. The number of nitrogens with one attached hydrogen (secondary N) is 1. The van der Waals surface area contributed by atoms with Gasteiger partial charge in [-0.15, -0.1) is 10.2 Å². The molecule has 9 nitrogen and oxygen atoms in total. The molecule has 0 saturated heterocycles. The lowest BCUT2D eigenvalue weighted by molar-refractivity contribution is -0.118. The summed E-state index contributed by atoms with van der Waals surface area (Å²) >= 11 is 1.32. The van der Waals surface area contributed by atoms with Gasteiger partial charge in [-0.1, -0.05) is 30.0 Å². The van der Waals surface area contributed by atoms with Crippen LogP contribution < -0.4 is 24.3 Å². The fourth-order valence-electron chi connectivity index (χ4n) is 3.31. The minimum absolute atomic E-state index is 0.0987. The molecule has 1 amide bonds. The predicted octanol–water partition coefficient (Wildman–Crippen LogP) is 2.46. The van der Waals surface area contributed by atoms with Gasteiger partial charge < -0.3 is 28.8 Å². The summed E-state index contributed by atoms with van der Waals surface area (Å²) in [6, 6.07) is 13.1. The molecule has 0 bridgehead atoms. The summed E-state index contributed by atoms with van der Waals surface area (Å²) in [5.41, 5.74) is 0.943. The van der Waals surface area contributed by atoms with E-state index >= 15 is 0 Å². The Balaban J connectivity index is 1.15. The molecule has 5 rings (SSSR count). The smallest absolute Gasteiger partial charge is 0.231 e. The molecule has 2 aliphatic heterocycles. The van der Waals surface area contributed by atoms with Gasteiger partial charge in [0.2, 0.25) is 12.7 Å². The van der Waals surface area contributed by atoms with Gasteiger partial charge >= 0.3 is 0 Å². The third-order valence-corrected chi connectivity index (χ3v) is 5.94. The van der Waals surface area contributed by atoms with Crippen molar-refractivity contribution >= 4 is 17.7 Å². The van der Waals surface area contributed by atoms with Crippen LogP contribution in [-0.4, -0.2) is 39.8 Å². The number of fused-ring (bicyclic) bond motifs is 2. The maximum absolute atomic E-state index is 12.3. The molecule has 0 saturated carbocycles. The van der Waals surface area contributed by atoms with Crippen molar-refractivity contribution < 1.29 is 23.7 Å². The fourth-order valence-corrected chi connectivity index (χ4v) is 4.06. The van der Waals surface area contributed by atoms with E-state index in [1.54, 1.807) is 0 Å². The molecule has 0 radical (unpaired) electrons. The number of aromatic nitrogens is 3. The number of amides is 1. The molecule has 2 aromatic carbocycles. The number of ether oxygens (including phenoxy) is 4. The first-order valence-electron chi connectivity index (χ1n) is 9.73. The highest BCUT2D eigenvalue weighted by atomic mass is 32.2. The lowest BCUT2D eigenvalue weighted by atomic mass is 10.2. The third kappa shape index (κ3) is 4.11. The van der Waals surface area contributed by atoms with Crippen LogP contribution in [0.15, 0.2) is 47.6 Å². The molecular weight excluding hydrogens is 420 g/mol. The Morgan fingerprint density at radius 2 is 1.90 bits per heavy atom. The number of rotatable bonds is 6. The molecular formula is C21H20N4O5S. The predicted molar refractivity (Wildman–Crippen MR) is 111 cm³/mol. The van der Waals surface area contributed by atoms with Crippen molar-refractivity contribution in [2.24, 2.45) is 7.05 Å². The van der Waals surface area contributed by atoms with Crippen molar-refractivity contribution in [1.29, 1.82) is 0 Å². The number of para-hydroxylation sites is 2. The van der Waals surface area contributed by atoms with Crippen molar-refractivity contribution in [2.45, 2.75) is 17.8 Å². The number of carbonyl (C=O) groups is 1. The first-order chi connectivity index (χ1) is 15.2. The zero-order valence-electron chi connectivity index (χ0n) is 16.7. The van der Waals surface area contributed by atoms with Gasteiger partial charge in [-0.2, -0.15) is 0 Å². The number of benzene rings is 2. The van der Waals surface area contributed by atoms with E-state index in [1.165, 1.54) is 11.8 Å². The molecule has 1 atom stereocenters. The van der Waals surface area contributed by atoms with Crippen molar-refractivity contribution in [1.82, 2.24) is 20.1 Å². The molecule has 3 aromatic rings. The topological polar surface area (TPSA) is 96.7 Å². The van der Waals surface area contributed by atoms with E-state index in [-0.39, 0.29) is 24.6 Å². The van der Waals surface area contributed by atoms with Crippen molar-refractivity contribution in [2.75, 3.05) is 19.2 Å². The van der Waals surface area contributed by atoms with Crippen LogP contribution in [0.1, 0.15) is 17.5 Å². The molecule has 10 heteroatoms. The van der Waals surface area contributed by atoms with Gasteiger partial charge in [-0.05, 0) is 29.8 Å². The van der Waals surface area contributed by atoms with Gasteiger partial charge in [0.1, 0.15) is 6.61 Å². The number of nitrogens with zero attached hydrogens (tertiary/aromatic N) is 3. The van der Waals surface area contributed by atoms with Gasteiger partial charge in [0.15, 0.2) is 40.1 Å². The Morgan fingerprint density at radius 3 is 2.81 bits per heavy atom. The Labute approximate surface area is 182 Å². The van der Waals surface area contributed by atoms with Crippen LogP contribution in [0, 0.1) is 0 Å². The summed E-state index contributed by atoms with van der Waals surface area (Å²) in [5, 5.41) is 12.0. The molecule has 2 aliphatic rings. The second kappa shape index (κ2) is 8.38. The van der Waals surface area contributed by atoms with E-state index in [4.69, 9.17) is 18.9 Å².